The molecule has 3 N–H and O–H groups in total. The van der Waals surface area contributed by atoms with Gasteiger partial charge in [-0.05, 0) is 67.3 Å². The largest absolute Gasteiger partial charge is 0.491 e. The van der Waals surface area contributed by atoms with Gasteiger partial charge in [0, 0.05) is 13.0 Å². The van der Waals surface area contributed by atoms with Crippen LogP contribution in [0.5, 0.6) is 5.75 Å². The molecule has 11 nitrogen and oxygen atoms in total. The summed E-state index contributed by atoms with van der Waals surface area (Å²) in [5.74, 6) is -1.17. The molecule has 12 heteroatoms. The third-order valence-electron chi connectivity index (χ3n) is 8.31. The quantitative estimate of drug-likeness (QED) is 0.192. The second-order valence-electron chi connectivity index (χ2n) is 13.1. The number of rotatable bonds is 15. The van der Waals surface area contributed by atoms with Gasteiger partial charge >= 0.3 is 5.97 Å². The van der Waals surface area contributed by atoms with Crippen molar-refractivity contribution in [1.82, 2.24) is 20.5 Å². The van der Waals surface area contributed by atoms with Gasteiger partial charge in [0.1, 0.15) is 31.0 Å². The highest BCUT2D eigenvalue weighted by Crippen LogP contribution is 2.29. The maximum absolute atomic E-state index is 13.8. The van der Waals surface area contributed by atoms with Crippen LogP contribution in [0.3, 0.4) is 0 Å². The van der Waals surface area contributed by atoms with Gasteiger partial charge in [0.15, 0.2) is 0 Å². The van der Waals surface area contributed by atoms with Crippen LogP contribution in [0.2, 0.25) is 0 Å². The predicted molar refractivity (Wildman–Crippen MR) is 184 cm³/mol. The fourth-order valence-corrected chi connectivity index (χ4v) is 6.41. The van der Waals surface area contributed by atoms with Crippen molar-refractivity contribution in [1.29, 1.82) is 0 Å². The Morgan fingerprint density at radius 2 is 1.75 bits per heavy atom. The van der Waals surface area contributed by atoms with Crippen molar-refractivity contribution in [2.45, 2.75) is 78.4 Å². The van der Waals surface area contributed by atoms with Crippen LogP contribution in [0.15, 0.2) is 54.0 Å². The summed E-state index contributed by atoms with van der Waals surface area (Å²) < 4.78 is 11.2. The summed E-state index contributed by atoms with van der Waals surface area (Å²) in [4.78, 5) is 57.9. The van der Waals surface area contributed by atoms with Crippen molar-refractivity contribution in [3.63, 3.8) is 0 Å². The molecule has 1 aliphatic rings. The Labute approximate surface area is 286 Å². The van der Waals surface area contributed by atoms with E-state index >= 15 is 0 Å². The van der Waals surface area contributed by atoms with Crippen molar-refractivity contribution >= 4 is 35.0 Å². The van der Waals surface area contributed by atoms with Crippen LogP contribution >= 0.6 is 11.3 Å². The summed E-state index contributed by atoms with van der Waals surface area (Å²) in [6.07, 6.45) is 1.75. The highest BCUT2D eigenvalue weighted by Gasteiger charge is 2.42. The maximum atomic E-state index is 13.8. The van der Waals surface area contributed by atoms with Gasteiger partial charge < -0.3 is 30.1 Å². The topological polar surface area (TPSA) is 147 Å². The number of carbonyl (C=O) groups is 4. The number of ether oxygens (including phenoxy) is 2. The minimum atomic E-state index is -0.849. The zero-order valence-corrected chi connectivity index (χ0v) is 29.1. The molecular weight excluding hydrogens is 632 g/mol. The smallest absolute Gasteiger partial charge is 0.303 e. The number of aliphatic carboxylic acids is 1. The van der Waals surface area contributed by atoms with Crippen LogP contribution in [0.25, 0.3) is 10.4 Å². The Bertz CT molecular complexity index is 1550. The Balaban J connectivity index is 1.26. The van der Waals surface area contributed by atoms with Crippen LogP contribution in [-0.2, 0) is 30.3 Å². The molecular formula is C36H46N4O7S. The Hall–Kier alpha value is -4.29. The third-order valence-corrected chi connectivity index (χ3v) is 9.29. The number of thiazole rings is 1. The summed E-state index contributed by atoms with van der Waals surface area (Å²) >= 11 is 1.59. The number of likely N-dealkylation sites (tertiary alicyclic amines) is 1. The maximum Gasteiger partial charge on any atom is 0.303 e. The van der Waals surface area contributed by atoms with Crippen molar-refractivity contribution in [2.75, 3.05) is 26.4 Å². The molecule has 0 saturated carbocycles. The van der Waals surface area contributed by atoms with E-state index in [1.807, 2.05) is 76.5 Å². The van der Waals surface area contributed by atoms with Crippen LogP contribution in [0.4, 0.5) is 0 Å². The highest BCUT2D eigenvalue weighted by atomic mass is 32.1. The first-order chi connectivity index (χ1) is 22.8. The molecule has 0 bridgehead atoms. The number of carboxylic acid groups (broad SMARTS) is 1. The van der Waals surface area contributed by atoms with Crippen molar-refractivity contribution < 1.29 is 33.8 Å². The molecule has 2 aromatic carbocycles. The molecule has 1 saturated heterocycles. The molecule has 0 aliphatic carbocycles. The van der Waals surface area contributed by atoms with Crippen LogP contribution in [0.1, 0.15) is 69.8 Å². The van der Waals surface area contributed by atoms with Crippen molar-refractivity contribution in [3.05, 3.63) is 70.9 Å². The lowest BCUT2D eigenvalue weighted by molar-refractivity contribution is -0.144. The number of carboxylic acids is 1. The Morgan fingerprint density at radius 1 is 1.04 bits per heavy atom. The summed E-state index contributed by atoms with van der Waals surface area (Å²) in [5.41, 5.74) is 5.15. The summed E-state index contributed by atoms with van der Waals surface area (Å²) in [6, 6.07) is 13.5. The molecule has 3 amide bonds. The summed E-state index contributed by atoms with van der Waals surface area (Å²) in [7, 11) is 0. The minimum absolute atomic E-state index is 0.0653. The molecule has 1 aromatic heterocycles. The molecule has 258 valence electrons. The molecule has 1 unspecified atom stereocenters. The number of nitrogens with zero attached hydrogens (tertiary/aromatic N) is 2. The Kier molecular flexibility index (Phi) is 12.7. The van der Waals surface area contributed by atoms with Crippen LogP contribution < -0.4 is 15.4 Å². The lowest BCUT2D eigenvalue weighted by atomic mass is 9.85. The number of aromatic nitrogens is 1. The first-order valence-corrected chi connectivity index (χ1v) is 17.1. The average Bonchev–Trinajstić information content (AvgIpc) is 3.72. The number of nitrogens with one attached hydrogen (secondary N) is 2. The van der Waals surface area contributed by atoms with E-state index in [4.69, 9.17) is 14.6 Å². The van der Waals surface area contributed by atoms with Gasteiger partial charge in [0.25, 0.3) is 0 Å². The van der Waals surface area contributed by atoms with E-state index in [1.54, 1.807) is 28.4 Å². The van der Waals surface area contributed by atoms with Gasteiger partial charge in [0.05, 0.1) is 28.7 Å². The zero-order chi connectivity index (χ0) is 34.8. The number of benzene rings is 2. The van der Waals surface area contributed by atoms with E-state index in [2.05, 4.69) is 15.6 Å². The zero-order valence-electron chi connectivity index (χ0n) is 28.3. The predicted octanol–water partition coefficient (Wildman–Crippen LogP) is 4.93. The molecule has 1 aliphatic heterocycles. The molecule has 2 heterocycles. The van der Waals surface area contributed by atoms with Crippen LogP contribution in [0, 0.1) is 12.3 Å². The monoisotopic (exact) mass is 678 g/mol. The number of aryl methyl sites for hydroxylation is 2. The normalized spacial score (nSPS) is 15.9. The van der Waals surface area contributed by atoms with Crippen molar-refractivity contribution in [2.24, 2.45) is 5.41 Å². The Morgan fingerprint density at radius 3 is 2.38 bits per heavy atom. The van der Waals surface area contributed by atoms with Crippen molar-refractivity contribution in [3.8, 4) is 16.2 Å². The average molecular weight is 679 g/mol. The summed E-state index contributed by atoms with van der Waals surface area (Å²) in [5, 5.41) is 14.7. The molecule has 3 atom stereocenters. The minimum Gasteiger partial charge on any atom is -0.491 e. The molecule has 0 spiro atoms. The molecule has 3 aromatic rings. The van der Waals surface area contributed by atoms with E-state index in [0.717, 1.165) is 27.3 Å². The van der Waals surface area contributed by atoms with E-state index in [1.165, 1.54) is 0 Å². The standard InChI is InChI=1S/C36H46N4O7S/c1-23(26-11-13-27(14-12-26)32-24(2)37-22-48-32)38-34(44)29-7-6-18-40(29)35(45)33(36(3,4)5)39-30(41)21-46-19-20-47-28-15-8-25(9-16-28)10-17-31(42)43/h8-9,11-16,22-23,29,33H,6-7,10,17-21H2,1-5H3,(H,38,44)(H,39,41)(H,42,43)/t23-,29-,33?/m0/s1. The molecule has 1 fully saturated rings. The number of hydrogen-bond acceptors (Lipinski definition) is 8. The summed E-state index contributed by atoms with van der Waals surface area (Å²) in [6.45, 7) is 10.1. The second kappa shape index (κ2) is 16.7. The lowest BCUT2D eigenvalue weighted by Gasteiger charge is -2.35. The first kappa shape index (κ1) is 36.5. The highest BCUT2D eigenvalue weighted by molar-refractivity contribution is 7.13. The van der Waals surface area contributed by atoms with Gasteiger partial charge in [-0.15, -0.1) is 11.3 Å². The van der Waals surface area contributed by atoms with Gasteiger partial charge in [-0.1, -0.05) is 57.2 Å². The SMILES string of the molecule is Cc1ncsc1-c1ccc([C@H](C)NC(=O)[C@@H]2CCCN2C(=O)C(NC(=O)COCCOc2ccc(CCC(=O)O)cc2)C(C)(C)C)cc1. The lowest BCUT2D eigenvalue weighted by Crippen LogP contribution is -2.58. The van der Waals surface area contributed by atoms with E-state index in [-0.39, 0.29) is 44.1 Å². The third kappa shape index (κ3) is 10.1. The first-order valence-electron chi connectivity index (χ1n) is 16.3. The van der Waals surface area contributed by atoms with E-state index in [9.17, 15) is 19.2 Å². The fraction of sp³-hybridized carbons (Fsp3) is 0.472. The van der Waals surface area contributed by atoms with E-state index < -0.39 is 29.4 Å². The van der Waals surface area contributed by atoms with Gasteiger partial charge in [-0.2, -0.15) is 0 Å². The van der Waals surface area contributed by atoms with Gasteiger partial charge in [-0.25, -0.2) is 4.98 Å². The van der Waals surface area contributed by atoms with Gasteiger partial charge in [-0.3, -0.25) is 19.2 Å². The fourth-order valence-electron chi connectivity index (χ4n) is 5.60. The number of amides is 3. The molecule has 0 radical (unpaired) electrons. The van der Waals surface area contributed by atoms with E-state index in [0.29, 0.717) is 31.6 Å². The van der Waals surface area contributed by atoms with Gasteiger partial charge in [0.2, 0.25) is 17.7 Å². The molecule has 4 rings (SSSR count). The number of hydrogen-bond donors (Lipinski definition) is 3. The second-order valence-corrected chi connectivity index (χ2v) is 14.0. The van der Waals surface area contributed by atoms with Crippen LogP contribution in [-0.4, -0.2) is 77.1 Å². The number of carbonyl (C=O) groups excluding carboxylic acids is 3. The molecule has 48 heavy (non-hydrogen) atoms.